The molecule has 1 aromatic rings. The van der Waals surface area contributed by atoms with Gasteiger partial charge in [-0.05, 0) is 38.8 Å². The summed E-state index contributed by atoms with van der Waals surface area (Å²) < 4.78 is 4.81. The summed E-state index contributed by atoms with van der Waals surface area (Å²) >= 11 is 5.81. The zero-order valence-corrected chi connectivity index (χ0v) is 12.3. The van der Waals surface area contributed by atoms with Crippen molar-refractivity contribution < 1.29 is 9.32 Å². The molecule has 18 heavy (non-hydrogen) atoms. The van der Waals surface area contributed by atoms with E-state index >= 15 is 0 Å². The Labute approximate surface area is 118 Å². The number of nitrogens with zero attached hydrogens (tertiary/aromatic N) is 1. The van der Waals surface area contributed by atoms with Crippen molar-refractivity contribution in [1.29, 1.82) is 0 Å². The van der Waals surface area contributed by atoms with E-state index in [0.717, 1.165) is 11.3 Å². The Kier molecular flexibility index (Phi) is 6.67. The fourth-order valence-corrected chi connectivity index (χ4v) is 1.64. The van der Waals surface area contributed by atoms with Crippen LogP contribution in [0.4, 0.5) is 0 Å². The molecule has 0 saturated heterocycles. The number of hydrogen-bond acceptors (Lipinski definition) is 4. The number of aryl methyl sites for hydroxylation is 1. The molecule has 0 fully saturated rings. The number of aromatic nitrogens is 1. The minimum absolute atomic E-state index is 0. The first-order chi connectivity index (χ1) is 7.85. The van der Waals surface area contributed by atoms with Crippen molar-refractivity contribution in [1.82, 2.24) is 10.5 Å². The molecule has 0 bridgehead atoms. The van der Waals surface area contributed by atoms with Crippen LogP contribution in [0.15, 0.2) is 4.52 Å². The van der Waals surface area contributed by atoms with Gasteiger partial charge in [0.15, 0.2) is 0 Å². The second-order valence-electron chi connectivity index (χ2n) is 4.66. The van der Waals surface area contributed by atoms with Gasteiger partial charge in [-0.2, -0.15) is 0 Å². The molecule has 0 unspecified atom stereocenters. The van der Waals surface area contributed by atoms with Crippen LogP contribution in [-0.4, -0.2) is 23.1 Å². The van der Waals surface area contributed by atoms with Crippen molar-refractivity contribution in [3.8, 4) is 0 Å². The van der Waals surface area contributed by atoms with Crippen LogP contribution >= 0.6 is 24.0 Å². The zero-order chi connectivity index (χ0) is 13.1. The molecule has 0 aliphatic carbocycles. The minimum Gasteiger partial charge on any atom is -0.350 e. The molecule has 7 heteroatoms. The van der Waals surface area contributed by atoms with E-state index in [1.807, 2.05) is 13.8 Å². The fraction of sp³-hybridized carbons (Fsp3) is 0.636. The lowest BCUT2D eigenvalue weighted by atomic mass is 10.1. The highest BCUT2D eigenvalue weighted by molar-refractivity contribution is 6.29. The molecule has 1 amide bonds. The van der Waals surface area contributed by atoms with E-state index in [4.69, 9.17) is 21.9 Å². The molecule has 0 atom stereocenters. The van der Waals surface area contributed by atoms with Crippen LogP contribution in [0.2, 0.25) is 5.22 Å². The van der Waals surface area contributed by atoms with Crippen LogP contribution in [-0.2, 0) is 11.2 Å². The maximum Gasteiger partial charge on any atom is 0.229 e. The predicted octanol–water partition coefficient (Wildman–Crippen LogP) is 1.84. The van der Waals surface area contributed by atoms with Crippen LogP contribution < -0.4 is 11.1 Å². The SMILES string of the molecule is Cc1noc(Cl)c1CCC(=O)NC(C)(C)CN.Cl. The molecule has 3 N–H and O–H groups in total. The summed E-state index contributed by atoms with van der Waals surface area (Å²) in [5, 5.41) is 6.83. The van der Waals surface area contributed by atoms with E-state index in [1.54, 1.807) is 6.92 Å². The number of nitrogens with two attached hydrogens (primary N) is 1. The first-order valence-electron chi connectivity index (χ1n) is 5.47. The second kappa shape index (κ2) is 6.97. The summed E-state index contributed by atoms with van der Waals surface area (Å²) in [4.78, 5) is 11.7. The van der Waals surface area contributed by atoms with E-state index < -0.39 is 0 Å². The molecule has 0 radical (unpaired) electrons. The quantitative estimate of drug-likeness (QED) is 0.868. The summed E-state index contributed by atoms with van der Waals surface area (Å²) in [5.74, 6) is -0.0582. The van der Waals surface area contributed by atoms with Crippen molar-refractivity contribution in [3.63, 3.8) is 0 Å². The summed E-state index contributed by atoms with van der Waals surface area (Å²) in [5.41, 5.74) is 6.66. The summed E-state index contributed by atoms with van der Waals surface area (Å²) in [6.45, 7) is 5.95. The van der Waals surface area contributed by atoms with Crippen LogP contribution in [0.1, 0.15) is 31.5 Å². The monoisotopic (exact) mass is 295 g/mol. The number of halogens is 2. The van der Waals surface area contributed by atoms with Crippen LogP contribution in [0.3, 0.4) is 0 Å². The lowest BCUT2D eigenvalue weighted by molar-refractivity contribution is -0.122. The number of amides is 1. The van der Waals surface area contributed by atoms with E-state index in [2.05, 4.69) is 10.5 Å². The smallest absolute Gasteiger partial charge is 0.229 e. The van der Waals surface area contributed by atoms with Gasteiger partial charge in [0.1, 0.15) is 0 Å². The maximum atomic E-state index is 11.7. The Balaban J connectivity index is 0.00000289. The number of rotatable bonds is 5. The lowest BCUT2D eigenvalue weighted by Crippen LogP contribution is -2.48. The van der Waals surface area contributed by atoms with Gasteiger partial charge >= 0.3 is 0 Å². The first kappa shape index (κ1) is 17.2. The molecule has 0 saturated carbocycles. The predicted molar refractivity (Wildman–Crippen MR) is 73.1 cm³/mol. The molecule has 1 heterocycles. The summed E-state index contributed by atoms with van der Waals surface area (Å²) in [7, 11) is 0. The van der Waals surface area contributed by atoms with Crippen LogP contribution in [0.25, 0.3) is 0 Å². The van der Waals surface area contributed by atoms with Crippen LogP contribution in [0, 0.1) is 6.92 Å². The number of carbonyl (C=O) groups is 1. The molecule has 0 aliphatic rings. The minimum atomic E-state index is -0.384. The van der Waals surface area contributed by atoms with Gasteiger partial charge in [0.2, 0.25) is 11.1 Å². The summed E-state index contributed by atoms with van der Waals surface area (Å²) in [6, 6.07) is 0. The Morgan fingerprint density at radius 3 is 2.61 bits per heavy atom. The number of hydrogen-bond donors (Lipinski definition) is 2. The average molecular weight is 296 g/mol. The van der Waals surface area contributed by atoms with Gasteiger partial charge in [-0.25, -0.2) is 0 Å². The normalized spacial score (nSPS) is 10.9. The standard InChI is InChI=1S/C11H18ClN3O2.ClH/c1-7-8(10(12)17-15-7)4-5-9(16)14-11(2,3)6-13;/h4-6,13H2,1-3H3,(H,14,16);1H. The Bertz CT molecular complexity index is 385. The average Bonchev–Trinajstić information content (AvgIpc) is 2.55. The largest absolute Gasteiger partial charge is 0.350 e. The summed E-state index contributed by atoms with van der Waals surface area (Å²) in [6.07, 6.45) is 0.853. The number of nitrogens with one attached hydrogen (secondary N) is 1. The molecule has 1 rings (SSSR count). The second-order valence-corrected chi connectivity index (χ2v) is 5.00. The Morgan fingerprint density at radius 2 is 2.17 bits per heavy atom. The highest BCUT2D eigenvalue weighted by Crippen LogP contribution is 2.20. The van der Waals surface area contributed by atoms with Crippen LogP contribution in [0.5, 0.6) is 0 Å². The van der Waals surface area contributed by atoms with Gasteiger partial charge in [-0.15, -0.1) is 12.4 Å². The van der Waals surface area contributed by atoms with Gasteiger partial charge in [0.05, 0.1) is 5.69 Å². The van der Waals surface area contributed by atoms with Gasteiger partial charge < -0.3 is 15.6 Å². The molecule has 104 valence electrons. The highest BCUT2D eigenvalue weighted by Gasteiger charge is 2.19. The van der Waals surface area contributed by atoms with E-state index in [9.17, 15) is 4.79 Å². The molecule has 5 nitrogen and oxygen atoms in total. The third-order valence-corrected chi connectivity index (χ3v) is 2.82. The molecular formula is C11H19Cl2N3O2. The zero-order valence-electron chi connectivity index (χ0n) is 10.7. The van der Waals surface area contributed by atoms with Crippen molar-refractivity contribution in [2.75, 3.05) is 6.54 Å². The highest BCUT2D eigenvalue weighted by atomic mass is 35.5. The molecule has 0 aromatic carbocycles. The van der Waals surface area contributed by atoms with Gasteiger partial charge in [0.25, 0.3) is 0 Å². The van der Waals surface area contributed by atoms with Gasteiger partial charge in [0, 0.05) is 24.1 Å². The van der Waals surface area contributed by atoms with Crippen molar-refractivity contribution in [3.05, 3.63) is 16.5 Å². The topological polar surface area (TPSA) is 81.2 Å². The third kappa shape index (κ3) is 4.84. The Morgan fingerprint density at radius 1 is 1.56 bits per heavy atom. The van der Waals surface area contributed by atoms with Crippen molar-refractivity contribution >= 4 is 29.9 Å². The third-order valence-electron chi connectivity index (χ3n) is 2.53. The van der Waals surface area contributed by atoms with Gasteiger partial charge in [-0.3, -0.25) is 4.79 Å². The van der Waals surface area contributed by atoms with E-state index in [0.29, 0.717) is 19.4 Å². The molecule has 0 spiro atoms. The lowest BCUT2D eigenvalue weighted by Gasteiger charge is -2.24. The first-order valence-corrected chi connectivity index (χ1v) is 5.85. The van der Waals surface area contributed by atoms with E-state index in [-0.39, 0.29) is 29.1 Å². The fourth-order valence-electron chi connectivity index (χ4n) is 1.37. The van der Waals surface area contributed by atoms with Gasteiger partial charge in [-0.1, -0.05) is 5.16 Å². The van der Waals surface area contributed by atoms with E-state index in [1.165, 1.54) is 0 Å². The molecule has 1 aromatic heterocycles. The Hall–Kier alpha value is -0.780. The maximum absolute atomic E-state index is 11.7. The molecular weight excluding hydrogens is 277 g/mol. The van der Waals surface area contributed by atoms with Crippen molar-refractivity contribution in [2.24, 2.45) is 5.73 Å². The number of carbonyl (C=O) groups excluding carboxylic acids is 1. The van der Waals surface area contributed by atoms with Crippen molar-refractivity contribution in [2.45, 2.75) is 39.2 Å². The molecule has 0 aliphatic heterocycles.